The van der Waals surface area contributed by atoms with Crippen LogP contribution in [0.2, 0.25) is 0 Å². The molecule has 2 aliphatic rings. The van der Waals surface area contributed by atoms with Crippen LogP contribution in [0.15, 0.2) is 0 Å². The predicted octanol–water partition coefficient (Wildman–Crippen LogP) is 0.693. The Morgan fingerprint density at radius 2 is 2.04 bits per heavy atom. The van der Waals surface area contributed by atoms with Crippen molar-refractivity contribution in [1.82, 2.24) is 19.6 Å². The summed E-state index contributed by atoms with van der Waals surface area (Å²) in [4.78, 5) is 9.48. The second kappa shape index (κ2) is 6.70. The van der Waals surface area contributed by atoms with E-state index in [1.165, 1.54) is 0 Å². The van der Waals surface area contributed by atoms with Crippen LogP contribution in [-0.2, 0) is 23.0 Å². The van der Waals surface area contributed by atoms with E-state index < -0.39 is 10.0 Å². The van der Waals surface area contributed by atoms with Gasteiger partial charge in [0.15, 0.2) is 0 Å². The van der Waals surface area contributed by atoms with Crippen LogP contribution in [0.4, 0.5) is 5.82 Å². The third-order valence-electron chi connectivity index (χ3n) is 4.75. The van der Waals surface area contributed by atoms with Gasteiger partial charge in [0.05, 0.1) is 18.0 Å². The summed E-state index contributed by atoms with van der Waals surface area (Å²) in [6.07, 6.45) is 2.72. The van der Waals surface area contributed by atoms with Crippen molar-refractivity contribution < 1.29 is 8.42 Å². The Kier molecular flexibility index (Phi) is 4.84. The number of sulfonamides is 1. The smallest absolute Gasteiger partial charge is 0.214 e. The average molecular weight is 339 g/mol. The highest BCUT2D eigenvalue weighted by Crippen LogP contribution is 2.29. The van der Waals surface area contributed by atoms with E-state index in [2.05, 4.69) is 10.6 Å². The largest absolute Gasteiger partial charge is 0.373 e. The van der Waals surface area contributed by atoms with Crippen LogP contribution < -0.4 is 10.6 Å². The fourth-order valence-electron chi connectivity index (χ4n) is 3.32. The Morgan fingerprint density at radius 3 is 2.70 bits per heavy atom. The van der Waals surface area contributed by atoms with Gasteiger partial charge >= 0.3 is 0 Å². The highest BCUT2D eigenvalue weighted by atomic mass is 32.2. The van der Waals surface area contributed by atoms with Gasteiger partial charge in [0.1, 0.15) is 11.6 Å². The lowest BCUT2D eigenvalue weighted by Gasteiger charge is -2.29. The minimum Gasteiger partial charge on any atom is -0.373 e. The summed E-state index contributed by atoms with van der Waals surface area (Å²) in [5.41, 5.74) is 1.92. The quantitative estimate of drug-likeness (QED) is 0.839. The maximum Gasteiger partial charge on any atom is 0.214 e. The van der Waals surface area contributed by atoms with Gasteiger partial charge in [-0.25, -0.2) is 18.4 Å². The number of nitrogens with one attached hydrogen (secondary N) is 2. The van der Waals surface area contributed by atoms with Gasteiger partial charge in [0.2, 0.25) is 10.0 Å². The van der Waals surface area contributed by atoms with Crippen molar-refractivity contribution in [1.29, 1.82) is 0 Å². The zero-order valence-electron chi connectivity index (χ0n) is 13.8. The molecule has 3 heterocycles. The van der Waals surface area contributed by atoms with Gasteiger partial charge in [-0.15, -0.1) is 0 Å². The second-order valence-corrected chi connectivity index (χ2v) is 8.37. The van der Waals surface area contributed by atoms with Crippen molar-refractivity contribution in [3.05, 3.63) is 17.1 Å². The molecule has 1 aromatic rings. The molecule has 1 fully saturated rings. The van der Waals surface area contributed by atoms with Crippen molar-refractivity contribution >= 4 is 15.8 Å². The molecule has 3 rings (SSSR count). The Balaban J connectivity index is 1.94. The Labute approximate surface area is 137 Å². The first-order valence-electron chi connectivity index (χ1n) is 8.31. The molecule has 0 bridgehead atoms. The summed E-state index contributed by atoms with van der Waals surface area (Å²) in [6.45, 7) is 4.52. The van der Waals surface area contributed by atoms with Crippen LogP contribution in [0.5, 0.6) is 0 Å². The molecular weight excluding hydrogens is 314 g/mol. The van der Waals surface area contributed by atoms with Crippen molar-refractivity contribution in [3.8, 4) is 0 Å². The van der Waals surface area contributed by atoms with Gasteiger partial charge in [-0.05, 0) is 39.3 Å². The fourth-order valence-corrected chi connectivity index (χ4v) is 4.37. The molecule has 0 aliphatic carbocycles. The third-order valence-corrected chi connectivity index (χ3v) is 6.57. The molecule has 128 valence electrons. The summed E-state index contributed by atoms with van der Waals surface area (Å²) in [5, 5.41) is 6.52. The van der Waals surface area contributed by atoms with Gasteiger partial charge in [0, 0.05) is 25.1 Å². The number of nitrogens with zero attached hydrogens (tertiary/aromatic N) is 3. The van der Waals surface area contributed by atoms with Crippen molar-refractivity contribution in [2.24, 2.45) is 0 Å². The number of hydrogen-bond donors (Lipinski definition) is 2. The summed E-state index contributed by atoms with van der Waals surface area (Å²) in [5.74, 6) is 2.20. The molecule has 0 amide bonds. The maximum absolute atomic E-state index is 12.2. The number of fused-ring (bicyclic) bond motifs is 1. The normalized spacial score (nSPS) is 20.3. The van der Waals surface area contributed by atoms with E-state index in [0.29, 0.717) is 25.4 Å². The second-order valence-electron chi connectivity index (χ2n) is 6.11. The van der Waals surface area contributed by atoms with Gasteiger partial charge in [-0.1, -0.05) is 0 Å². The number of aromatic nitrogens is 2. The molecule has 0 radical (unpaired) electrons. The summed E-state index contributed by atoms with van der Waals surface area (Å²) in [7, 11) is -1.31. The van der Waals surface area contributed by atoms with E-state index in [1.54, 1.807) is 11.2 Å². The first-order valence-corrected chi connectivity index (χ1v) is 9.92. The SMILES string of the molecule is CCS(=O)(=O)N1CCc2c(nc(C3CCNCC3)nc2NC)C1. The highest BCUT2D eigenvalue weighted by Gasteiger charge is 2.29. The van der Waals surface area contributed by atoms with E-state index >= 15 is 0 Å². The first kappa shape index (κ1) is 16.6. The zero-order valence-corrected chi connectivity index (χ0v) is 14.6. The molecule has 0 spiro atoms. The van der Waals surface area contributed by atoms with Gasteiger partial charge in [-0.3, -0.25) is 0 Å². The maximum atomic E-state index is 12.2. The molecule has 0 unspecified atom stereocenters. The minimum atomic E-state index is -3.18. The number of piperidine rings is 1. The molecule has 1 saturated heterocycles. The van der Waals surface area contributed by atoms with E-state index in [0.717, 1.165) is 48.8 Å². The minimum absolute atomic E-state index is 0.132. The average Bonchev–Trinajstić information content (AvgIpc) is 2.60. The van der Waals surface area contributed by atoms with E-state index in [9.17, 15) is 8.42 Å². The Hall–Kier alpha value is -1.25. The number of rotatable bonds is 4. The fraction of sp³-hybridized carbons (Fsp3) is 0.733. The monoisotopic (exact) mass is 339 g/mol. The van der Waals surface area contributed by atoms with Crippen LogP contribution in [-0.4, -0.2) is 55.1 Å². The summed E-state index contributed by atoms with van der Waals surface area (Å²) in [6, 6.07) is 0. The van der Waals surface area contributed by atoms with Crippen molar-refractivity contribution in [2.45, 2.75) is 38.6 Å². The topological polar surface area (TPSA) is 87.2 Å². The van der Waals surface area contributed by atoms with E-state index in [4.69, 9.17) is 9.97 Å². The van der Waals surface area contributed by atoms with Crippen LogP contribution in [0.25, 0.3) is 0 Å². The Bertz CT molecular complexity index is 671. The van der Waals surface area contributed by atoms with Crippen LogP contribution in [0.1, 0.15) is 42.8 Å². The lowest BCUT2D eigenvalue weighted by Crippen LogP contribution is -2.38. The molecule has 7 nitrogen and oxygen atoms in total. The standard InChI is InChI=1S/C15H25N5O2S/c1-3-23(21,22)20-9-6-12-13(10-20)18-14(19-15(12)16-2)11-4-7-17-8-5-11/h11,17H,3-10H2,1-2H3,(H,16,18,19). The molecule has 23 heavy (non-hydrogen) atoms. The van der Waals surface area contributed by atoms with Crippen LogP contribution in [0, 0.1) is 0 Å². The molecular formula is C15H25N5O2S. The molecule has 2 N–H and O–H groups in total. The predicted molar refractivity (Wildman–Crippen MR) is 90.0 cm³/mol. The van der Waals surface area contributed by atoms with Gasteiger partial charge in [-0.2, -0.15) is 4.31 Å². The molecule has 0 atom stereocenters. The van der Waals surface area contributed by atoms with Crippen molar-refractivity contribution in [2.75, 3.05) is 37.8 Å². The lowest BCUT2D eigenvalue weighted by molar-refractivity contribution is 0.381. The molecule has 0 aromatic carbocycles. The van der Waals surface area contributed by atoms with Crippen LogP contribution in [0.3, 0.4) is 0 Å². The number of anilines is 1. The molecule has 2 aliphatic heterocycles. The first-order chi connectivity index (χ1) is 11.0. The van der Waals surface area contributed by atoms with E-state index in [-0.39, 0.29) is 5.75 Å². The summed E-state index contributed by atoms with van der Waals surface area (Å²) >= 11 is 0. The molecule has 0 saturated carbocycles. The van der Waals surface area contributed by atoms with Crippen molar-refractivity contribution in [3.63, 3.8) is 0 Å². The summed E-state index contributed by atoms with van der Waals surface area (Å²) < 4.78 is 25.9. The third kappa shape index (κ3) is 3.34. The highest BCUT2D eigenvalue weighted by molar-refractivity contribution is 7.89. The van der Waals surface area contributed by atoms with Gasteiger partial charge in [0.25, 0.3) is 0 Å². The lowest BCUT2D eigenvalue weighted by atomic mass is 9.96. The zero-order chi connectivity index (χ0) is 16.4. The molecule has 8 heteroatoms. The van der Waals surface area contributed by atoms with Crippen LogP contribution >= 0.6 is 0 Å². The van der Waals surface area contributed by atoms with E-state index in [1.807, 2.05) is 7.05 Å². The van der Waals surface area contributed by atoms with Gasteiger partial charge < -0.3 is 10.6 Å². The molecule has 1 aromatic heterocycles. The Morgan fingerprint density at radius 1 is 1.30 bits per heavy atom. The number of hydrogen-bond acceptors (Lipinski definition) is 6.